The van der Waals surface area contributed by atoms with Crippen LogP contribution in [-0.4, -0.2) is 53.6 Å². The van der Waals surface area contributed by atoms with E-state index in [0.717, 1.165) is 58.8 Å². The third-order valence-corrected chi connectivity index (χ3v) is 8.52. The van der Waals surface area contributed by atoms with Gasteiger partial charge in [-0.05, 0) is 97.7 Å². The lowest BCUT2D eigenvalue weighted by Gasteiger charge is -2.28. The SMILES string of the molecule is Cc1cc(C(=O)NCCN)ccc1-c1ccc(C[C@H](NC(=O)C2CCC(CN)CC2)C(=O)Nc2ccc3cn[nH]c3c2)cc1. The van der Waals surface area contributed by atoms with Crippen molar-refractivity contribution < 1.29 is 14.4 Å². The molecule has 0 radical (unpaired) electrons. The average Bonchev–Trinajstić information content (AvgIpc) is 3.51. The summed E-state index contributed by atoms with van der Waals surface area (Å²) in [5.74, 6) is -0.185. The Hall–Kier alpha value is -4.54. The number of hydrogen-bond donors (Lipinski definition) is 6. The van der Waals surface area contributed by atoms with Crippen molar-refractivity contribution >= 4 is 34.3 Å². The molecule has 5 rings (SSSR count). The van der Waals surface area contributed by atoms with Gasteiger partial charge in [-0.25, -0.2) is 0 Å². The van der Waals surface area contributed by atoms with Crippen LogP contribution in [0, 0.1) is 18.8 Å². The third-order valence-electron chi connectivity index (χ3n) is 8.52. The molecule has 8 N–H and O–H groups in total. The van der Waals surface area contributed by atoms with Gasteiger partial charge >= 0.3 is 0 Å². The van der Waals surface area contributed by atoms with E-state index in [4.69, 9.17) is 11.5 Å². The number of carbonyl (C=O) groups excluding carboxylic acids is 3. The number of amides is 3. The summed E-state index contributed by atoms with van der Waals surface area (Å²) in [7, 11) is 0. The van der Waals surface area contributed by atoms with Crippen LogP contribution in [0.25, 0.3) is 22.0 Å². The molecule has 3 amide bonds. The molecule has 10 heteroatoms. The zero-order valence-corrected chi connectivity index (χ0v) is 25.1. The Labute approximate surface area is 257 Å². The largest absolute Gasteiger partial charge is 0.351 e. The molecule has 1 atom stereocenters. The normalized spacial score (nSPS) is 17.2. The molecule has 1 heterocycles. The van der Waals surface area contributed by atoms with E-state index < -0.39 is 6.04 Å². The Kier molecular flexibility index (Phi) is 10.0. The number of nitrogens with zero attached hydrogens (tertiary/aromatic N) is 1. The summed E-state index contributed by atoms with van der Waals surface area (Å²) < 4.78 is 0. The highest BCUT2D eigenvalue weighted by Crippen LogP contribution is 2.29. The van der Waals surface area contributed by atoms with Crippen molar-refractivity contribution in [3.8, 4) is 11.1 Å². The lowest BCUT2D eigenvalue weighted by molar-refractivity contribution is -0.130. The van der Waals surface area contributed by atoms with E-state index in [1.807, 2.05) is 61.5 Å². The molecule has 4 aromatic rings. The molecule has 3 aromatic carbocycles. The van der Waals surface area contributed by atoms with Gasteiger partial charge in [-0.1, -0.05) is 30.3 Å². The molecule has 0 spiro atoms. The summed E-state index contributed by atoms with van der Waals surface area (Å²) in [6.45, 7) is 3.43. The summed E-state index contributed by atoms with van der Waals surface area (Å²) in [5.41, 5.74) is 17.3. The smallest absolute Gasteiger partial charge is 0.251 e. The van der Waals surface area contributed by atoms with Crippen LogP contribution in [0.4, 0.5) is 5.69 Å². The van der Waals surface area contributed by atoms with Crippen molar-refractivity contribution in [2.45, 2.75) is 45.1 Å². The van der Waals surface area contributed by atoms with Crippen LogP contribution in [0.5, 0.6) is 0 Å². The summed E-state index contributed by atoms with van der Waals surface area (Å²) in [6, 6.07) is 18.4. The van der Waals surface area contributed by atoms with Gasteiger partial charge in [-0.3, -0.25) is 19.5 Å². The highest BCUT2D eigenvalue weighted by molar-refractivity contribution is 5.99. The molecule has 0 saturated heterocycles. The molecule has 0 aliphatic heterocycles. The topological polar surface area (TPSA) is 168 Å². The fourth-order valence-electron chi connectivity index (χ4n) is 5.88. The zero-order valence-electron chi connectivity index (χ0n) is 25.1. The number of aromatic nitrogens is 2. The van der Waals surface area contributed by atoms with E-state index >= 15 is 0 Å². The van der Waals surface area contributed by atoms with E-state index in [1.165, 1.54) is 0 Å². The zero-order chi connectivity index (χ0) is 31.1. The number of fused-ring (bicyclic) bond motifs is 1. The first-order valence-electron chi connectivity index (χ1n) is 15.3. The molecule has 0 unspecified atom stereocenters. The fourth-order valence-corrected chi connectivity index (χ4v) is 5.88. The van der Waals surface area contributed by atoms with Crippen molar-refractivity contribution in [3.05, 3.63) is 83.6 Å². The number of benzene rings is 3. The molecule has 1 aliphatic carbocycles. The number of aromatic amines is 1. The molecular formula is C34H41N7O3. The predicted octanol–water partition coefficient (Wildman–Crippen LogP) is 3.66. The third kappa shape index (κ3) is 7.50. The minimum absolute atomic E-state index is 0.0903. The van der Waals surface area contributed by atoms with Crippen molar-refractivity contribution in [2.24, 2.45) is 23.3 Å². The minimum atomic E-state index is -0.758. The Bertz CT molecular complexity index is 1610. The van der Waals surface area contributed by atoms with E-state index in [2.05, 4.69) is 26.1 Å². The number of carbonyl (C=O) groups is 3. The van der Waals surface area contributed by atoms with Crippen LogP contribution in [0.1, 0.15) is 47.2 Å². The van der Waals surface area contributed by atoms with Crippen molar-refractivity contribution in [1.82, 2.24) is 20.8 Å². The number of H-pyrrole nitrogens is 1. The van der Waals surface area contributed by atoms with Gasteiger partial charge in [0, 0.05) is 42.1 Å². The van der Waals surface area contributed by atoms with Crippen LogP contribution in [0.15, 0.2) is 66.9 Å². The number of hydrogen-bond acceptors (Lipinski definition) is 6. The predicted molar refractivity (Wildman–Crippen MR) is 173 cm³/mol. The molecule has 1 fully saturated rings. The first kappa shape index (κ1) is 30.9. The van der Waals surface area contributed by atoms with Crippen LogP contribution in [0.2, 0.25) is 0 Å². The molecule has 1 saturated carbocycles. The number of aryl methyl sites for hydroxylation is 1. The number of anilines is 1. The maximum Gasteiger partial charge on any atom is 0.251 e. The first-order valence-corrected chi connectivity index (χ1v) is 15.3. The molecule has 1 aliphatic rings. The number of nitrogens with one attached hydrogen (secondary N) is 4. The van der Waals surface area contributed by atoms with Crippen LogP contribution >= 0.6 is 0 Å². The Morgan fingerprint density at radius 2 is 1.75 bits per heavy atom. The standard InChI is InChI=1S/C34H41N7O3/c1-21-16-26(32(42)37-15-14-35)11-13-29(21)24-6-2-22(3-7-24)17-31(40-33(43)25-8-4-23(19-36)5-9-25)34(44)39-28-12-10-27-20-38-41-30(27)18-28/h2-3,6-7,10-13,16,18,20,23,25,31H,4-5,8-9,14-15,17,19,35-36H2,1H3,(H,37,42)(H,38,41)(H,39,44)(H,40,43)/t23?,25?,31-/m0/s1. The highest BCUT2D eigenvalue weighted by atomic mass is 16.2. The Morgan fingerprint density at radius 3 is 2.45 bits per heavy atom. The molecule has 1 aromatic heterocycles. The average molecular weight is 596 g/mol. The molecule has 230 valence electrons. The monoisotopic (exact) mass is 595 g/mol. The Morgan fingerprint density at radius 1 is 0.977 bits per heavy atom. The summed E-state index contributed by atoms with van der Waals surface area (Å²) in [6.07, 6.45) is 5.47. The van der Waals surface area contributed by atoms with Gasteiger partial charge in [0.1, 0.15) is 6.04 Å². The van der Waals surface area contributed by atoms with Gasteiger partial charge in [0.2, 0.25) is 11.8 Å². The maximum atomic E-state index is 13.6. The van der Waals surface area contributed by atoms with E-state index in [9.17, 15) is 14.4 Å². The van der Waals surface area contributed by atoms with Gasteiger partial charge in [0.15, 0.2) is 0 Å². The lowest BCUT2D eigenvalue weighted by atomic mass is 9.81. The second kappa shape index (κ2) is 14.3. The summed E-state index contributed by atoms with van der Waals surface area (Å²) >= 11 is 0. The van der Waals surface area contributed by atoms with Crippen molar-refractivity contribution in [3.63, 3.8) is 0 Å². The lowest BCUT2D eigenvalue weighted by Crippen LogP contribution is -2.48. The van der Waals surface area contributed by atoms with E-state index in [0.29, 0.717) is 43.2 Å². The second-order valence-electron chi connectivity index (χ2n) is 11.7. The highest BCUT2D eigenvalue weighted by Gasteiger charge is 2.29. The number of nitrogens with two attached hydrogens (primary N) is 2. The van der Waals surface area contributed by atoms with Crippen LogP contribution in [0.3, 0.4) is 0 Å². The molecule has 0 bridgehead atoms. The maximum absolute atomic E-state index is 13.6. The second-order valence-corrected chi connectivity index (χ2v) is 11.7. The molecule has 10 nitrogen and oxygen atoms in total. The molecular weight excluding hydrogens is 554 g/mol. The summed E-state index contributed by atoms with van der Waals surface area (Å²) in [4.78, 5) is 39.3. The van der Waals surface area contributed by atoms with Crippen LogP contribution < -0.4 is 27.4 Å². The Balaban J connectivity index is 1.31. The quantitative estimate of drug-likeness (QED) is 0.155. The van der Waals surface area contributed by atoms with Crippen LogP contribution in [-0.2, 0) is 16.0 Å². The van der Waals surface area contributed by atoms with Gasteiger partial charge in [0.25, 0.3) is 5.91 Å². The summed E-state index contributed by atoms with van der Waals surface area (Å²) in [5, 5.41) is 16.7. The van der Waals surface area contributed by atoms with Crippen molar-refractivity contribution in [2.75, 3.05) is 25.0 Å². The van der Waals surface area contributed by atoms with E-state index in [-0.39, 0.29) is 23.6 Å². The molecule has 44 heavy (non-hydrogen) atoms. The van der Waals surface area contributed by atoms with Gasteiger partial charge < -0.3 is 27.4 Å². The minimum Gasteiger partial charge on any atom is -0.351 e. The van der Waals surface area contributed by atoms with Gasteiger partial charge in [0.05, 0.1) is 11.7 Å². The van der Waals surface area contributed by atoms with E-state index in [1.54, 1.807) is 12.3 Å². The fraction of sp³-hybridized carbons (Fsp3) is 0.353. The number of rotatable bonds is 11. The van der Waals surface area contributed by atoms with Gasteiger partial charge in [-0.15, -0.1) is 0 Å². The first-order chi connectivity index (χ1) is 21.3. The van der Waals surface area contributed by atoms with Gasteiger partial charge in [-0.2, -0.15) is 5.10 Å². The van der Waals surface area contributed by atoms with Crippen molar-refractivity contribution in [1.29, 1.82) is 0 Å².